The van der Waals surface area contributed by atoms with Gasteiger partial charge in [-0.1, -0.05) is 36.4 Å². The molecule has 1 fully saturated rings. The normalized spacial score (nSPS) is 26.7. The third-order valence-corrected chi connectivity index (χ3v) is 4.43. The summed E-state index contributed by atoms with van der Waals surface area (Å²) in [7, 11) is 0. The Morgan fingerprint density at radius 2 is 1.95 bits per heavy atom. The summed E-state index contributed by atoms with van der Waals surface area (Å²) in [4.78, 5) is 6.99. The minimum Gasteiger partial charge on any atom is -0.305 e. The molecule has 1 aromatic heterocycles. The highest BCUT2D eigenvalue weighted by Crippen LogP contribution is 2.27. The van der Waals surface area contributed by atoms with Crippen LogP contribution in [0.5, 0.6) is 0 Å². The van der Waals surface area contributed by atoms with Crippen molar-refractivity contribution in [3.63, 3.8) is 0 Å². The van der Waals surface area contributed by atoms with Gasteiger partial charge in [-0.05, 0) is 31.5 Å². The second-order valence-electron chi connectivity index (χ2n) is 6.15. The van der Waals surface area contributed by atoms with E-state index in [1.807, 2.05) is 12.3 Å². The summed E-state index contributed by atoms with van der Waals surface area (Å²) in [6, 6.07) is 17.4. The molecule has 0 radical (unpaired) electrons. The SMILES string of the molecule is CC1CNC(C)(c2ccccc2)CN1Cc1ccccn1. The van der Waals surface area contributed by atoms with Crippen molar-refractivity contribution < 1.29 is 0 Å². The molecule has 2 unspecified atom stereocenters. The van der Waals surface area contributed by atoms with Gasteiger partial charge in [0, 0.05) is 31.9 Å². The monoisotopic (exact) mass is 281 g/mol. The van der Waals surface area contributed by atoms with E-state index in [2.05, 4.69) is 71.5 Å². The Labute approximate surface area is 127 Å². The van der Waals surface area contributed by atoms with Crippen LogP contribution in [0.3, 0.4) is 0 Å². The van der Waals surface area contributed by atoms with E-state index in [1.54, 1.807) is 0 Å². The Morgan fingerprint density at radius 1 is 1.19 bits per heavy atom. The van der Waals surface area contributed by atoms with Gasteiger partial charge in [0.05, 0.1) is 11.2 Å². The Morgan fingerprint density at radius 3 is 2.67 bits per heavy atom. The van der Waals surface area contributed by atoms with Crippen molar-refractivity contribution in [1.82, 2.24) is 15.2 Å². The van der Waals surface area contributed by atoms with Crippen molar-refractivity contribution >= 4 is 0 Å². The van der Waals surface area contributed by atoms with Gasteiger partial charge in [0.25, 0.3) is 0 Å². The first-order valence-electron chi connectivity index (χ1n) is 7.62. The predicted octanol–water partition coefficient (Wildman–Crippen LogP) is 2.79. The zero-order valence-corrected chi connectivity index (χ0v) is 12.8. The lowest BCUT2D eigenvalue weighted by atomic mass is 9.88. The van der Waals surface area contributed by atoms with E-state index < -0.39 is 0 Å². The predicted molar refractivity (Wildman–Crippen MR) is 85.9 cm³/mol. The molecule has 2 heterocycles. The topological polar surface area (TPSA) is 28.2 Å². The molecule has 21 heavy (non-hydrogen) atoms. The number of piperazine rings is 1. The highest BCUT2D eigenvalue weighted by Gasteiger charge is 2.35. The molecule has 110 valence electrons. The van der Waals surface area contributed by atoms with Gasteiger partial charge in [-0.15, -0.1) is 0 Å². The van der Waals surface area contributed by atoms with Crippen molar-refractivity contribution in [2.75, 3.05) is 13.1 Å². The average molecular weight is 281 g/mol. The lowest BCUT2D eigenvalue weighted by Crippen LogP contribution is -2.59. The minimum atomic E-state index is 0.00253. The number of aromatic nitrogens is 1. The molecule has 1 N–H and O–H groups in total. The first kappa shape index (κ1) is 14.2. The Bertz CT molecular complexity index is 570. The quantitative estimate of drug-likeness (QED) is 0.937. The second kappa shape index (κ2) is 5.96. The maximum Gasteiger partial charge on any atom is 0.0544 e. The second-order valence-corrected chi connectivity index (χ2v) is 6.15. The number of pyridine rings is 1. The molecule has 0 saturated carbocycles. The largest absolute Gasteiger partial charge is 0.305 e. The van der Waals surface area contributed by atoms with Crippen LogP contribution in [0, 0.1) is 0 Å². The third-order valence-electron chi connectivity index (χ3n) is 4.43. The number of hydrogen-bond donors (Lipinski definition) is 1. The first-order valence-corrected chi connectivity index (χ1v) is 7.62. The van der Waals surface area contributed by atoms with Gasteiger partial charge in [-0.25, -0.2) is 0 Å². The third kappa shape index (κ3) is 3.14. The molecule has 0 amide bonds. The van der Waals surface area contributed by atoms with E-state index in [1.165, 1.54) is 5.56 Å². The van der Waals surface area contributed by atoms with Crippen LogP contribution in [0.15, 0.2) is 54.7 Å². The molecule has 1 aliphatic rings. The summed E-state index contributed by atoms with van der Waals surface area (Å²) in [5, 5.41) is 3.72. The molecule has 3 nitrogen and oxygen atoms in total. The fraction of sp³-hybridized carbons (Fsp3) is 0.389. The highest BCUT2D eigenvalue weighted by atomic mass is 15.2. The van der Waals surface area contributed by atoms with Crippen LogP contribution >= 0.6 is 0 Å². The van der Waals surface area contributed by atoms with Crippen molar-refractivity contribution in [2.45, 2.75) is 32.0 Å². The Balaban J connectivity index is 1.78. The molecule has 1 aliphatic heterocycles. The fourth-order valence-corrected chi connectivity index (χ4v) is 3.03. The van der Waals surface area contributed by atoms with E-state index in [4.69, 9.17) is 0 Å². The molecule has 0 bridgehead atoms. The Kier molecular flexibility index (Phi) is 4.04. The summed E-state index contributed by atoms with van der Waals surface area (Å²) in [6.07, 6.45) is 1.87. The van der Waals surface area contributed by atoms with Crippen molar-refractivity contribution in [3.8, 4) is 0 Å². The van der Waals surface area contributed by atoms with Crippen LogP contribution < -0.4 is 5.32 Å². The summed E-state index contributed by atoms with van der Waals surface area (Å²) in [5.74, 6) is 0. The zero-order chi connectivity index (χ0) is 14.7. The molecule has 0 spiro atoms. The summed E-state index contributed by atoms with van der Waals surface area (Å²) in [6.45, 7) is 7.47. The number of hydrogen-bond acceptors (Lipinski definition) is 3. The smallest absolute Gasteiger partial charge is 0.0544 e. The van der Waals surface area contributed by atoms with Crippen molar-refractivity contribution in [1.29, 1.82) is 0 Å². The van der Waals surface area contributed by atoms with Crippen LogP contribution in [0.4, 0.5) is 0 Å². The molecule has 3 heteroatoms. The van der Waals surface area contributed by atoms with Crippen LogP contribution in [0.1, 0.15) is 25.1 Å². The molecule has 2 atom stereocenters. The van der Waals surface area contributed by atoms with Crippen LogP contribution in [0.25, 0.3) is 0 Å². The van der Waals surface area contributed by atoms with Gasteiger partial charge in [0.15, 0.2) is 0 Å². The van der Waals surface area contributed by atoms with Crippen molar-refractivity contribution in [3.05, 3.63) is 66.0 Å². The van der Waals surface area contributed by atoms with Gasteiger partial charge in [-0.3, -0.25) is 9.88 Å². The van der Waals surface area contributed by atoms with Gasteiger partial charge in [0.2, 0.25) is 0 Å². The number of rotatable bonds is 3. The molecule has 2 aromatic rings. The van der Waals surface area contributed by atoms with Gasteiger partial charge < -0.3 is 5.32 Å². The van der Waals surface area contributed by atoms with E-state index >= 15 is 0 Å². The van der Waals surface area contributed by atoms with E-state index in [0.29, 0.717) is 6.04 Å². The zero-order valence-electron chi connectivity index (χ0n) is 12.8. The Hall–Kier alpha value is -1.71. The van der Waals surface area contributed by atoms with Gasteiger partial charge in [-0.2, -0.15) is 0 Å². The van der Waals surface area contributed by atoms with Gasteiger partial charge >= 0.3 is 0 Å². The molecule has 1 aromatic carbocycles. The maximum absolute atomic E-state index is 4.47. The van der Waals surface area contributed by atoms with Crippen LogP contribution in [-0.4, -0.2) is 29.0 Å². The lowest BCUT2D eigenvalue weighted by Gasteiger charge is -2.45. The molecular formula is C18H23N3. The molecule has 1 saturated heterocycles. The summed E-state index contributed by atoms with van der Waals surface area (Å²) >= 11 is 0. The minimum absolute atomic E-state index is 0.00253. The number of benzene rings is 1. The standard InChI is InChI=1S/C18H23N3/c1-15-12-20-18(2,16-8-4-3-5-9-16)14-21(15)13-17-10-6-7-11-19-17/h3-11,15,20H,12-14H2,1-2H3. The lowest BCUT2D eigenvalue weighted by molar-refractivity contribution is 0.0866. The van der Waals surface area contributed by atoms with Crippen LogP contribution in [-0.2, 0) is 12.1 Å². The van der Waals surface area contributed by atoms with E-state index in [-0.39, 0.29) is 5.54 Å². The average Bonchev–Trinajstić information content (AvgIpc) is 2.53. The molecule has 0 aliphatic carbocycles. The van der Waals surface area contributed by atoms with E-state index in [9.17, 15) is 0 Å². The van der Waals surface area contributed by atoms with Gasteiger partial charge in [0.1, 0.15) is 0 Å². The summed E-state index contributed by atoms with van der Waals surface area (Å²) < 4.78 is 0. The fourth-order valence-electron chi connectivity index (χ4n) is 3.03. The number of nitrogens with zero attached hydrogens (tertiary/aromatic N) is 2. The van der Waals surface area contributed by atoms with Crippen LogP contribution in [0.2, 0.25) is 0 Å². The first-order chi connectivity index (χ1) is 10.2. The number of nitrogens with one attached hydrogen (secondary N) is 1. The van der Waals surface area contributed by atoms with Crippen molar-refractivity contribution in [2.24, 2.45) is 0 Å². The molecular weight excluding hydrogens is 258 g/mol. The summed E-state index contributed by atoms with van der Waals surface area (Å²) in [5.41, 5.74) is 2.49. The van der Waals surface area contributed by atoms with E-state index in [0.717, 1.165) is 25.3 Å². The molecule has 3 rings (SSSR count). The maximum atomic E-state index is 4.47. The highest BCUT2D eigenvalue weighted by molar-refractivity contribution is 5.25.